The fraction of sp³-hybridized carbons (Fsp3) is 0.200. The van der Waals surface area contributed by atoms with E-state index in [1.165, 1.54) is 33.9 Å². The second kappa shape index (κ2) is 8.56. The Hall–Kier alpha value is -4.38. The fourth-order valence-electron chi connectivity index (χ4n) is 7.82. The summed E-state index contributed by atoms with van der Waals surface area (Å²) in [4.78, 5) is 10.2. The van der Waals surface area contributed by atoms with Crippen LogP contribution >= 0.6 is 0 Å². The average molecular weight is 519 g/mol. The van der Waals surface area contributed by atoms with Gasteiger partial charge in [0.05, 0.1) is 17.2 Å². The van der Waals surface area contributed by atoms with Crippen molar-refractivity contribution in [2.24, 2.45) is 0 Å². The van der Waals surface area contributed by atoms with Gasteiger partial charge in [0.2, 0.25) is 0 Å². The molecule has 5 aromatic rings. The number of aromatic nitrogens is 2. The number of para-hydroxylation sites is 2. The normalized spacial score (nSPS) is 21.9. The van der Waals surface area contributed by atoms with E-state index < -0.39 is 0 Å². The Morgan fingerprint density at radius 2 is 1.30 bits per heavy atom. The van der Waals surface area contributed by atoms with Gasteiger partial charge in [0.1, 0.15) is 17.0 Å². The number of anilines is 4. The number of hydrogen-bond acceptors (Lipinski definition) is 3. The van der Waals surface area contributed by atoms with E-state index in [9.17, 15) is 0 Å². The quantitative estimate of drug-likeness (QED) is 0.173. The van der Waals surface area contributed by atoms with Crippen molar-refractivity contribution in [1.29, 1.82) is 0 Å². The first kappa shape index (κ1) is 23.5. The summed E-state index contributed by atoms with van der Waals surface area (Å²) in [6.45, 7) is 4.93. The van der Waals surface area contributed by atoms with Gasteiger partial charge in [-0.15, -0.1) is 0 Å². The highest BCUT2D eigenvalue weighted by Gasteiger charge is 2.84. The van der Waals surface area contributed by atoms with Crippen LogP contribution in [-0.2, 0) is 5.54 Å². The van der Waals surface area contributed by atoms with Gasteiger partial charge in [-0.3, -0.25) is 4.81 Å². The smallest absolute Gasteiger partial charge is 0.324 e. The zero-order valence-corrected chi connectivity index (χ0v) is 23.0. The van der Waals surface area contributed by atoms with Crippen LogP contribution in [0.2, 0.25) is 5.31 Å². The molecule has 1 aliphatic carbocycles. The maximum absolute atomic E-state index is 5.10. The molecule has 2 atom stereocenters. The van der Waals surface area contributed by atoms with Crippen LogP contribution in [0.4, 0.5) is 23.0 Å². The Kier molecular flexibility index (Phi) is 5.03. The number of fused-ring (bicyclic) bond motifs is 8. The summed E-state index contributed by atoms with van der Waals surface area (Å²) >= 11 is 0. The minimum absolute atomic E-state index is 0.0767. The molecule has 2 unspecified atom stereocenters. The molecule has 0 radical (unpaired) electrons. The standard InChI is InChI=1S/C35H32BN4/c1-3-34-25-35(34,4-2)38-24-29(27-15-9-6-10-16-27)20-22-33(38)40-31-18-12-11-17-30(31)39(36(34)40)32-21-19-28(23-37-32)26-13-7-5-8-14-26/h5-24H,3-4,25H2,1-2H3/q+1. The molecule has 3 aromatic carbocycles. The molecule has 0 bridgehead atoms. The topological polar surface area (TPSA) is 23.2 Å². The number of pyridine rings is 2. The first-order valence-electron chi connectivity index (χ1n) is 14.5. The molecule has 4 heterocycles. The van der Waals surface area contributed by atoms with Gasteiger partial charge in [0.15, 0.2) is 0 Å². The molecule has 5 heteroatoms. The SMILES string of the molecule is CCC12CC1(CC)[n+]1cc(-c3ccccc3)ccc1N1B2N(c2ccc(-c3ccccc3)cn2)c2ccccc21. The lowest BCUT2D eigenvalue weighted by molar-refractivity contribution is -0.731. The van der Waals surface area contributed by atoms with E-state index >= 15 is 0 Å². The lowest BCUT2D eigenvalue weighted by Gasteiger charge is -2.37. The van der Waals surface area contributed by atoms with Crippen molar-refractivity contribution in [3.63, 3.8) is 0 Å². The van der Waals surface area contributed by atoms with Crippen molar-refractivity contribution in [3.8, 4) is 22.3 Å². The molecular formula is C35H32BN4+. The van der Waals surface area contributed by atoms with Crippen molar-refractivity contribution >= 4 is 30.0 Å². The number of rotatable bonds is 5. The molecule has 2 aliphatic heterocycles. The third-order valence-corrected chi connectivity index (χ3v) is 9.85. The number of benzene rings is 3. The van der Waals surface area contributed by atoms with Crippen LogP contribution in [-0.4, -0.2) is 12.0 Å². The van der Waals surface area contributed by atoms with Crippen molar-refractivity contribution in [2.45, 2.75) is 44.0 Å². The van der Waals surface area contributed by atoms with E-state index in [0.717, 1.165) is 30.6 Å². The van der Waals surface area contributed by atoms with Crippen molar-refractivity contribution < 1.29 is 4.57 Å². The van der Waals surface area contributed by atoms with E-state index in [0.29, 0.717) is 0 Å². The summed E-state index contributed by atoms with van der Waals surface area (Å²) in [5.41, 5.74) is 7.44. The second-order valence-electron chi connectivity index (χ2n) is 11.5. The van der Waals surface area contributed by atoms with Gasteiger partial charge in [-0.1, -0.05) is 86.6 Å². The van der Waals surface area contributed by atoms with Gasteiger partial charge in [0.25, 0.3) is 5.82 Å². The monoisotopic (exact) mass is 519 g/mol. The largest absolute Gasteiger partial charge is 0.518 e. The zero-order valence-electron chi connectivity index (χ0n) is 23.0. The van der Waals surface area contributed by atoms with E-state index in [2.05, 4.69) is 143 Å². The predicted octanol–water partition coefficient (Wildman–Crippen LogP) is 8.15. The molecule has 8 rings (SSSR count). The molecule has 2 aromatic heterocycles. The van der Waals surface area contributed by atoms with Crippen LogP contribution in [0.5, 0.6) is 0 Å². The highest BCUT2D eigenvalue weighted by molar-refractivity contribution is 6.77. The summed E-state index contributed by atoms with van der Waals surface area (Å²) in [6.07, 6.45) is 7.82. The van der Waals surface area contributed by atoms with Gasteiger partial charge in [-0.25, -0.2) is 9.55 Å². The van der Waals surface area contributed by atoms with Gasteiger partial charge < -0.3 is 4.81 Å². The summed E-state index contributed by atoms with van der Waals surface area (Å²) in [5.74, 6) is 2.28. The fourth-order valence-corrected chi connectivity index (χ4v) is 7.82. The first-order valence-corrected chi connectivity index (χ1v) is 14.5. The summed E-state index contributed by atoms with van der Waals surface area (Å²) < 4.78 is 2.63. The minimum Gasteiger partial charge on any atom is -0.324 e. The average Bonchev–Trinajstić information content (AvgIpc) is 3.62. The van der Waals surface area contributed by atoms with E-state index in [4.69, 9.17) is 4.98 Å². The Morgan fingerprint density at radius 3 is 1.93 bits per heavy atom. The molecular weight excluding hydrogens is 487 g/mol. The molecule has 0 spiro atoms. The molecule has 0 amide bonds. The molecule has 4 nitrogen and oxygen atoms in total. The third kappa shape index (κ3) is 3.03. The molecule has 40 heavy (non-hydrogen) atoms. The van der Waals surface area contributed by atoms with Crippen LogP contribution in [0.25, 0.3) is 22.3 Å². The van der Waals surface area contributed by atoms with Crippen LogP contribution < -0.4 is 14.2 Å². The Morgan fingerprint density at radius 1 is 0.675 bits per heavy atom. The summed E-state index contributed by atoms with van der Waals surface area (Å²) in [7, 11) is 0. The van der Waals surface area contributed by atoms with Crippen molar-refractivity contribution in [2.75, 3.05) is 9.62 Å². The van der Waals surface area contributed by atoms with Crippen LogP contribution in [0.1, 0.15) is 33.1 Å². The first-order chi connectivity index (χ1) is 19.7. The van der Waals surface area contributed by atoms with Crippen LogP contribution in [0, 0.1) is 0 Å². The van der Waals surface area contributed by atoms with Crippen molar-refractivity contribution in [3.05, 3.63) is 122 Å². The van der Waals surface area contributed by atoms with E-state index in [1.54, 1.807) is 0 Å². The summed E-state index contributed by atoms with van der Waals surface area (Å²) in [6, 6.07) is 39.2. The highest BCUT2D eigenvalue weighted by Crippen LogP contribution is 2.76. The van der Waals surface area contributed by atoms with Gasteiger partial charge >= 0.3 is 6.98 Å². The molecule has 0 saturated heterocycles. The maximum Gasteiger partial charge on any atom is 0.518 e. The predicted molar refractivity (Wildman–Crippen MR) is 164 cm³/mol. The Balaban J connectivity index is 1.31. The van der Waals surface area contributed by atoms with Crippen LogP contribution in [0.3, 0.4) is 0 Å². The molecule has 1 fully saturated rings. The lowest BCUT2D eigenvalue weighted by atomic mass is 9.51. The lowest BCUT2D eigenvalue weighted by Crippen LogP contribution is -2.64. The van der Waals surface area contributed by atoms with Gasteiger partial charge in [-0.2, -0.15) is 0 Å². The molecule has 1 saturated carbocycles. The third-order valence-electron chi connectivity index (χ3n) is 9.85. The minimum atomic E-state index is 0.0767. The molecule has 194 valence electrons. The molecule has 3 aliphatic rings. The molecule has 0 N–H and O–H groups in total. The van der Waals surface area contributed by atoms with Crippen LogP contribution in [0.15, 0.2) is 122 Å². The highest BCUT2D eigenvalue weighted by atomic mass is 15.4. The van der Waals surface area contributed by atoms with Crippen molar-refractivity contribution in [1.82, 2.24) is 4.98 Å². The maximum atomic E-state index is 5.10. The number of nitrogens with zero attached hydrogens (tertiary/aromatic N) is 4. The summed E-state index contributed by atoms with van der Waals surface area (Å²) in [5, 5.41) is 0.105. The number of hydrogen-bond donors (Lipinski definition) is 0. The Bertz CT molecular complexity index is 1720. The van der Waals surface area contributed by atoms with E-state index in [1.807, 2.05) is 6.20 Å². The zero-order chi connectivity index (χ0) is 26.9. The van der Waals surface area contributed by atoms with Gasteiger partial charge in [-0.05, 0) is 54.3 Å². The van der Waals surface area contributed by atoms with E-state index in [-0.39, 0.29) is 17.8 Å². The Labute approximate surface area is 236 Å². The second-order valence-corrected chi connectivity index (χ2v) is 11.5. The van der Waals surface area contributed by atoms with Gasteiger partial charge in [0, 0.05) is 29.8 Å².